The van der Waals surface area contributed by atoms with E-state index in [9.17, 15) is 22.8 Å². The molecule has 1 heterocycles. The number of halogens is 2. The fourth-order valence-corrected chi connectivity index (χ4v) is 4.63. The lowest BCUT2D eigenvalue weighted by molar-refractivity contribution is -0.122. The second-order valence-electron chi connectivity index (χ2n) is 7.79. The number of nitrogens with one attached hydrogen (secondary N) is 1. The summed E-state index contributed by atoms with van der Waals surface area (Å²) in [6, 6.07) is 13.2. The van der Waals surface area contributed by atoms with Crippen molar-refractivity contribution in [1.82, 2.24) is 5.32 Å². The highest BCUT2D eigenvalue weighted by atomic mass is 35.5. The Labute approximate surface area is 222 Å². The average molecular weight is 561 g/mol. The van der Waals surface area contributed by atoms with Gasteiger partial charge in [-0.1, -0.05) is 35.3 Å². The van der Waals surface area contributed by atoms with Crippen LogP contribution in [0.5, 0.6) is 11.5 Å². The van der Waals surface area contributed by atoms with Crippen molar-refractivity contribution < 1.29 is 31.7 Å². The van der Waals surface area contributed by atoms with Crippen LogP contribution in [-0.2, 0) is 19.7 Å². The van der Waals surface area contributed by atoms with Crippen LogP contribution in [0.15, 0.2) is 71.1 Å². The number of imide groups is 2. The van der Waals surface area contributed by atoms with Crippen molar-refractivity contribution in [3.8, 4) is 11.5 Å². The molecule has 1 aliphatic rings. The van der Waals surface area contributed by atoms with Crippen LogP contribution in [0.4, 0.5) is 10.5 Å². The summed E-state index contributed by atoms with van der Waals surface area (Å²) in [5.74, 6) is -1.86. The third-order valence-electron chi connectivity index (χ3n) is 5.32. The maximum Gasteiger partial charge on any atom is 0.339 e. The number of ether oxygens (including phenoxy) is 1. The molecule has 0 radical (unpaired) electrons. The van der Waals surface area contributed by atoms with Crippen LogP contribution >= 0.6 is 23.2 Å². The Bertz CT molecular complexity index is 1570. The number of anilines is 1. The number of hydrogen-bond donors (Lipinski definition) is 1. The maximum absolute atomic E-state index is 13.1. The fraction of sp³-hybridized carbons (Fsp3) is 0.0800. The first-order valence-electron chi connectivity index (χ1n) is 10.6. The lowest BCUT2D eigenvalue weighted by atomic mass is 10.1. The molecule has 9 nitrogen and oxygen atoms in total. The first-order valence-corrected chi connectivity index (χ1v) is 12.7. The number of urea groups is 1. The number of aryl methyl sites for hydroxylation is 1. The smallest absolute Gasteiger partial charge is 0.339 e. The van der Waals surface area contributed by atoms with Gasteiger partial charge in [0.05, 0.1) is 12.8 Å². The zero-order chi connectivity index (χ0) is 26.9. The minimum Gasteiger partial charge on any atom is -0.493 e. The second-order valence-corrected chi connectivity index (χ2v) is 10.2. The Hall–Kier alpha value is -3.86. The van der Waals surface area contributed by atoms with Gasteiger partial charge >= 0.3 is 16.1 Å². The van der Waals surface area contributed by atoms with Crippen LogP contribution in [0.25, 0.3) is 6.08 Å². The van der Waals surface area contributed by atoms with Crippen molar-refractivity contribution >= 4 is 62.9 Å². The Kier molecular flexibility index (Phi) is 7.26. The van der Waals surface area contributed by atoms with Gasteiger partial charge in [0, 0.05) is 10.0 Å². The molecule has 37 heavy (non-hydrogen) atoms. The van der Waals surface area contributed by atoms with E-state index in [2.05, 4.69) is 5.32 Å². The topological polar surface area (TPSA) is 119 Å². The summed E-state index contributed by atoms with van der Waals surface area (Å²) in [4.78, 5) is 38.7. The van der Waals surface area contributed by atoms with E-state index >= 15 is 0 Å². The summed E-state index contributed by atoms with van der Waals surface area (Å²) in [6.07, 6.45) is 1.24. The van der Waals surface area contributed by atoms with E-state index < -0.39 is 28.0 Å². The van der Waals surface area contributed by atoms with Crippen molar-refractivity contribution in [3.63, 3.8) is 0 Å². The summed E-state index contributed by atoms with van der Waals surface area (Å²) in [6.45, 7) is 1.76. The second kappa shape index (κ2) is 10.3. The van der Waals surface area contributed by atoms with Gasteiger partial charge in [-0.25, -0.2) is 9.69 Å². The minimum absolute atomic E-state index is 0.0220. The molecule has 1 saturated heterocycles. The normalized spacial score (nSPS) is 15.1. The number of barbiturate groups is 1. The van der Waals surface area contributed by atoms with Crippen molar-refractivity contribution in [2.75, 3.05) is 12.0 Å². The molecule has 4 amide bonds. The van der Waals surface area contributed by atoms with Crippen LogP contribution in [-0.4, -0.2) is 33.4 Å². The number of benzene rings is 3. The number of hydrogen-bond acceptors (Lipinski definition) is 7. The molecular weight excluding hydrogens is 543 g/mol. The quantitative estimate of drug-likeness (QED) is 0.262. The van der Waals surface area contributed by atoms with Gasteiger partial charge in [0.1, 0.15) is 10.5 Å². The summed E-state index contributed by atoms with van der Waals surface area (Å²) >= 11 is 11.9. The number of rotatable bonds is 6. The SMILES string of the molecule is COc1cc(/C=C2\C(=O)NC(=O)N(c3ccc(C)c(Cl)c3)C2=O)ccc1OS(=O)(=O)c1ccc(Cl)cc1. The number of carbonyl (C=O) groups is 3. The number of amides is 4. The highest BCUT2D eigenvalue weighted by Crippen LogP contribution is 2.32. The molecule has 0 bridgehead atoms. The highest BCUT2D eigenvalue weighted by molar-refractivity contribution is 7.87. The van der Waals surface area contributed by atoms with Crippen LogP contribution < -0.4 is 19.1 Å². The molecule has 0 aliphatic carbocycles. The Balaban J connectivity index is 1.65. The Morgan fingerprint density at radius 2 is 1.62 bits per heavy atom. The summed E-state index contributed by atoms with van der Waals surface area (Å²) < 4.78 is 35.8. The predicted molar refractivity (Wildman–Crippen MR) is 137 cm³/mol. The van der Waals surface area contributed by atoms with E-state index in [0.29, 0.717) is 15.6 Å². The first-order chi connectivity index (χ1) is 17.5. The van der Waals surface area contributed by atoms with Gasteiger partial charge in [0.2, 0.25) is 0 Å². The van der Waals surface area contributed by atoms with Gasteiger partial charge in [-0.2, -0.15) is 8.42 Å². The van der Waals surface area contributed by atoms with Gasteiger partial charge in [-0.05, 0) is 72.7 Å². The molecule has 0 unspecified atom stereocenters. The van der Waals surface area contributed by atoms with Gasteiger partial charge in [0.15, 0.2) is 11.5 Å². The van der Waals surface area contributed by atoms with Gasteiger partial charge in [-0.3, -0.25) is 14.9 Å². The van der Waals surface area contributed by atoms with E-state index in [-0.39, 0.29) is 27.7 Å². The third kappa shape index (κ3) is 5.46. The highest BCUT2D eigenvalue weighted by Gasteiger charge is 2.37. The standard InChI is InChI=1S/C25H18Cl2N2O7S/c1-14-3-7-17(13-20(14)27)29-24(31)19(23(30)28-25(29)32)11-15-4-10-21(22(12-15)35-2)36-37(33,34)18-8-5-16(26)6-9-18/h3-13H,1-2H3,(H,28,30,32)/b19-11+. The fourth-order valence-electron chi connectivity index (χ4n) is 3.39. The number of carbonyl (C=O) groups excluding carboxylic acids is 3. The summed E-state index contributed by atoms with van der Waals surface area (Å²) in [5, 5.41) is 2.83. The number of nitrogens with zero attached hydrogens (tertiary/aromatic N) is 1. The van der Waals surface area contributed by atoms with E-state index in [4.69, 9.17) is 32.1 Å². The maximum atomic E-state index is 13.1. The molecule has 3 aromatic carbocycles. The molecule has 190 valence electrons. The van der Waals surface area contributed by atoms with Crippen molar-refractivity contribution in [3.05, 3.63) is 87.4 Å². The van der Waals surface area contributed by atoms with Crippen LogP contribution in [0.1, 0.15) is 11.1 Å². The van der Waals surface area contributed by atoms with E-state index in [1.807, 2.05) is 0 Å². The van der Waals surface area contributed by atoms with Crippen LogP contribution in [0.3, 0.4) is 0 Å². The molecule has 3 aromatic rings. The van der Waals surface area contributed by atoms with E-state index in [1.54, 1.807) is 13.0 Å². The van der Waals surface area contributed by atoms with E-state index in [1.165, 1.54) is 67.8 Å². The lowest BCUT2D eigenvalue weighted by Gasteiger charge is -2.26. The van der Waals surface area contributed by atoms with Crippen molar-refractivity contribution in [2.24, 2.45) is 0 Å². The zero-order valence-corrected chi connectivity index (χ0v) is 21.6. The van der Waals surface area contributed by atoms with Crippen LogP contribution in [0.2, 0.25) is 10.0 Å². The molecule has 1 aliphatic heterocycles. The summed E-state index contributed by atoms with van der Waals surface area (Å²) in [7, 11) is -2.90. The molecule has 1 N–H and O–H groups in total. The van der Waals surface area contributed by atoms with Gasteiger partial charge in [0.25, 0.3) is 11.8 Å². The molecule has 0 spiro atoms. The average Bonchev–Trinajstić information content (AvgIpc) is 2.84. The van der Waals surface area contributed by atoms with E-state index in [0.717, 1.165) is 10.5 Å². The molecular formula is C25H18Cl2N2O7S. The third-order valence-corrected chi connectivity index (χ3v) is 7.22. The predicted octanol–water partition coefficient (Wildman–Crippen LogP) is 4.74. The molecule has 0 saturated carbocycles. The molecule has 12 heteroatoms. The van der Waals surface area contributed by atoms with Crippen LogP contribution in [0, 0.1) is 6.92 Å². The molecule has 1 fully saturated rings. The van der Waals surface area contributed by atoms with Gasteiger partial charge < -0.3 is 8.92 Å². The number of methoxy groups -OCH3 is 1. The first kappa shape index (κ1) is 26.2. The molecule has 0 atom stereocenters. The summed E-state index contributed by atoms with van der Waals surface area (Å²) in [5.41, 5.74) is 0.906. The molecule has 0 aromatic heterocycles. The van der Waals surface area contributed by atoms with Gasteiger partial charge in [-0.15, -0.1) is 0 Å². The zero-order valence-electron chi connectivity index (χ0n) is 19.3. The largest absolute Gasteiger partial charge is 0.493 e. The lowest BCUT2D eigenvalue weighted by Crippen LogP contribution is -2.54. The Morgan fingerprint density at radius 3 is 2.27 bits per heavy atom. The Morgan fingerprint density at radius 1 is 0.919 bits per heavy atom. The minimum atomic E-state index is -4.20. The monoisotopic (exact) mass is 560 g/mol. The van der Waals surface area contributed by atoms with Crippen molar-refractivity contribution in [2.45, 2.75) is 11.8 Å². The molecule has 4 rings (SSSR count). The van der Waals surface area contributed by atoms with Crippen molar-refractivity contribution in [1.29, 1.82) is 0 Å².